The average Bonchev–Trinajstić information content (AvgIpc) is 3.61. The van der Waals surface area contributed by atoms with Crippen molar-refractivity contribution in [3.05, 3.63) is 131 Å². The SMILES string of the molecule is CC(C)c1cc2c(-c3ccc(C(C)(C)C)cc3)cccc2[cH-]1.Cc1cc2c(-c3ccc(C(C)(C)C)cc3)ccc(C)c2[cH-]1.[CH3][Ge]([CH3])=[Zr+2].[Cl-].[Cl-]. The second-order valence-electron chi connectivity index (χ2n) is 15.7. The van der Waals surface area contributed by atoms with Crippen molar-refractivity contribution in [2.45, 2.75) is 97.5 Å². The molecule has 0 aromatic heterocycles. The molecule has 0 atom stereocenters. The topological polar surface area (TPSA) is 0 Å². The Morgan fingerprint density at radius 3 is 1.53 bits per heavy atom. The number of fused-ring (bicyclic) bond motifs is 2. The van der Waals surface area contributed by atoms with Crippen LogP contribution in [-0.2, 0) is 32.4 Å². The molecule has 6 aromatic carbocycles. The Hall–Kier alpha value is -1.89. The van der Waals surface area contributed by atoms with Crippen LogP contribution in [0.5, 0.6) is 0 Å². The largest absolute Gasteiger partial charge is 1.00 e. The van der Waals surface area contributed by atoms with Crippen LogP contribution in [0.15, 0.2) is 103 Å². The number of benzene rings is 4. The predicted octanol–water partition coefficient (Wildman–Crippen LogP) is 7.58. The van der Waals surface area contributed by atoms with Crippen LogP contribution in [0, 0.1) is 13.8 Å². The molecule has 6 aromatic rings. The van der Waals surface area contributed by atoms with Crippen molar-refractivity contribution < 1.29 is 46.4 Å². The van der Waals surface area contributed by atoms with Crippen molar-refractivity contribution in [3.63, 3.8) is 0 Å². The van der Waals surface area contributed by atoms with Gasteiger partial charge in [0, 0.05) is 0 Å². The van der Waals surface area contributed by atoms with E-state index in [4.69, 9.17) is 0 Å². The number of aryl methyl sites for hydroxylation is 2. The Labute approximate surface area is 326 Å². The molecular weight excluding hydrogens is 775 g/mol. The molecule has 49 heavy (non-hydrogen) atoms. The molecule has 0 aliphatic heterocycles. The van der Waals surface area contributed by atoms with Crippen LogP contribution in [-0.4, -0.2) is 9.98 Å². The summed E-state index contributed by atoms with van der Waals surface area (Å²) in [5.74, 6) is 5.32. The number of rotatable bonds is 3. The summed E-state index contributed by atoms with van der Waals surface area (Å²) in [7, 11) is -0.243. The molecule has 0 bridgehead atoms. The summed E-state index contributed by atoms with van der Waals surface area (Å²) < 4.78 is 0. The maximum atomic E-state index is 2.37. The predicted molar refractivity (Wildman–Crippen MR) is 208 cm³/mol. The standard InChI is InChI=1S/C22H25.C21H23.C2H6Ge.2ClH.Zr/c1-15(2)18-13-17-7-6-8-20(21(17)14-18)16-9-11-19(12-10-16)22(3,4)5;1-14-12-19-15(2)6-11-18(20(19)13-14)16-7-9-17(10-8-16)21(3,4)5;1-3-2;;;/h6-15H,1-5H3;6-13H,1-5H3;1-2H3;2*1H;/q2*-1;;;;+2/p-2. The number of hydrogen-bond acceptors (Lipinski definition) is 0. The molecule has 0 saturated carbocycles. The fourth-order valence-electron chi connectivity index (χ4n) is 5.98. The molecule has 0 radical (unpaired) electrons. The van der Waals surface area contributed by atoms with Gasteiger partial charge >= 0.3 is 43.1 Å². The monoisotopic (exact) mass is 828 g/mol. The molecule has 0 saturated heterocycles. The Morgan fingerprint density at radius 2 is 1.08 bits per heavy atom. The van der Waals surface area contributed by atoms with Gasteiger partial charge in [0.15, 0.2) is 0 Å². The van der Waals surface area contributed by atoms with Crippen molar-refractivity contribution in [2.24, 2.45) is 0 Å². The first-order chi connectivity index (χ1) is 22.0. The molecule has 0 aliphatic carbocycles. The molecule has 6 rings (SSSR count). The maximum absolute atomic E-state index is 2.37. The first-order valence-electron chi connectivity index (χ1n) is 17.1. The van der Waals surface area contributed by atoms with E-state index in [2.05, 4.69) is 184 Å². The Bertz CT molecular complexity index is 1950. The summed E-state index contributed by atoms with van der Waals surface area (Å²) in [5.41, 5.74) is 12.6. The van der Waals surface area contributed by atoms with Crippen LogP contribution in [0.1, 0.15) is 89.1 Å². The van der Waals surface area contributed by atoms with Crippen molar-refractivity contribution in [3.8, 4) is 22.3 Å². The van der Waals surface area contributed by atoms with E-state index in [1.54, 1.807) is 21.6 Å². The van der Waals surface area contributed by atoms with Crippen LogP contribution in [0.3, 0.4) is 0 Å². The minimum absolute atomic E-state index is 0. The smallest absolute Gasteiger partial charge is 1.00 e. The van der Waals surface area contributed by atoms with E-state index >= 15 is 0 Å². The van der Waals surface area contributed by atoms with E-state index in [0.717, 1.165) is 0 Å². The van der Waals surface area contributed by atoms with Gasteiger partial charge in [0.2, 0.25) is 0 Å². The average molecular weight is 830 g/mol. The van der Waals surface area contributed by atoms with Crippen molar-refractivity contribution in [2.75, 3.05) is 0 Å². The molecule has 0 unspecified atom stereocenters. The molecule has 0 nitrogen and oxygen atoms in total. The zero-order chi connectivity index (χ0) is 34.7. The van der Waals surface area contributed by atoms with Crippen LogP contribution in [0.2, 0.25) is 11.5 Å². The molecule has 4 heteroatoms. The van der Waals surface area contributed by atoms with Gasteiger partial charge in [-0.15, -0.1) is 68.6 Å². The zero-order valence-electron chi connectivity index (χ0n) is 31.6. The number of hydrogen-bond donors (Lipinski definition) is 0. The quantitative estimate of drug-likeness (QED) is 0.128. The number of halogens is 2. The third-order valence-electron chi connectivity index (χ3n) is 8.81. The molecule has 0 fully saturated rings. The van der Waals surface area contributed by atoms with Gasteiger partial charge in [0.1, 0.15) is 0 Å². The molecule has 0 spiro atoms. The molecule has 0 aliphatic rings. The molecular formula is C45H54Cl2GeZr-2. The fourth-order valence-corrected chi connectivity index (χ4v) is 5.98. The van der Waals surface area contributed by atoms with E-state index in [-0.39, 0.29) is 45.6 Å². The summed E-state index contributed by atoms with van der Waals surface area (Å²) in [6.07, 6.45) is 0. The Morgan fingerprint density at radius 1 is 0.612 bits per heavy atom. The van der Waals surface area contributed by atoms with E-state index in [1.807, 2.05) is 0 Å². The summed E-state index contributed by atoms with van der Waals surface area (Å²) in [6.45, 7) is 22.4. The van der Waals surface area contributed by atoms with Gasteiger partial charge < -0.3 is 24.8 Å². The second-order valence-corrected chi connectivity index (χ2v) is 32.7. The van der Waals surface area contributed by atoms with Gasteiger partial charge in [-0.3, -0.25) is 0 Å². The minimum atomic E-state index is -0.243. The zero-order valence-corrected chi connectivity index (χ0v) is 37.7. The third kappa shape index (κ3) is 11.3. The van der Waals surface area contributed by atoms with Crippen molar-refractivity contribution in [1.29, 1.82) is 0 Å². The van der Waals surface area contributed by atoms with Crippen LogP contribution < -0.4 is 24.8 Å². The normalized spacial score (nSPS) is 11.2. The minimum Gasteiger partial charge on any atom is -1.00 e. The van der Waals surface area contributed by atoms with Gasteiger partial charge in [-0.1, -0.05) is 141 Å². The fraction of sp³-hybridized carbons (Fsp3) is 0.333. The van der Waals surface area contributed by atoms with Gasteiger partial charge in [-0.05, 0) is 39.0 Å². The first kappa shape index (κ1) is 43.3. The van der Waals surface area contributed by atoms with Crippen LogP contribution >= 0.6 is 0 Å². The van der Waals surface area contributed by atoms with Gasteiger partial charge in [0.25, 0.3) is 0 Å². The molecule has 258 valence electrons. The van der Waals surface area contributed by atoms with E-state index < -0.39 is 0 Å². The second kappa shape index (κ2) is 18.0. The first-order valence-corrected chi connectivity index (χ1v) is 28.7. The third-order valence-corrected chi connectivity index (χ3v) is 8.81. The van der Waals surface area contributed by atoms with Crippen LogP contribution in [0.4, 0.5) is 0 Å². The van der Waals surface area contributed by atoms with Crippen molar-refractivity contribution >= 4 is 31.5 Å². The molecule has 0 amide bonds. The van der Waals surface area contributed by atoms with Gasteiger partial charge in [-0.2, -0.15) is 12.1 Å². The van der Waals surface area contributed by atoms with E-state index in [0.29, 0.717) is 5.92 Å². The van der Waals surface area contributed by atoms with E-state index in [9.17, 15) is 0 Å². The van der Waals surface area contributed by atoms with Gasteiger partial charge in [0.05, 0.1) is 0 Å². The summed E-state index contributed by atoms with van der Waals surface area (Å²) in [5, 5.41) is 5.47. The Balaban J connectivity index is 0.000000296. The molecule has 0 heterocycles. The Kier molecular flexibility index (Phi) is 15.9. The maximum Gasteiger partial charge on any atom is -1.00 e. The van der Waals surface area contributed by atoms with E-state index in [1.165, 1.54) is 71.6 Å². The van der Waals surface area contributed by atoms with Crippen LogP contribution in [0.25, 0.3) is 43.8 Å². The van der Waals surface area contributed by atoms with Gasteiger partial charge in [-0.25, -0.2) is 0 Å². The summed E-state index contributed by atoms with van der Waals surface area (Å²) in [4.78, 5) is 0. The van der Waals surface area contributed by atoms with Crippen molar-refractivity contribution in [1.82, 2.24) is 0 Å². The molecule has 0 N–H and O–H groups in total. The summed E-state index contributed by atoms with van der Waals surface area (Å²) >= 11 is 1.80. The summed E-state index contributed by atoms with van der Waals surface area (Å²) in [6, 6.07) is 38.5.